The van der Waals surface area contributed by atoms with Crippen molar-refractivity contribution in [1.82, 2.24) is 0 Å². The Morgan fingerprint density at radius 3 is 2.00 bits per heavy atom. The molecule has 0 spiro atoms. The molecule has 1 saturated carbocycles. The number of alkyl halides is 2. The molecule has 0 N–H and O–H groups in total. The Morgan fingerprint density at radius 1 is 1.67 bits per heavy atom. The van der Waals surface area contributed by atoms with E-state index in [4.69, 9.17) is 23.2 Å². The summed E-state index contributed by atoms with van der Waals surface area (Å²) >= 11 is 11.5. The van der Waals surface area contributed by atoms with Crippen molar-refractivity contribution in [2.75, 3.05) is 12.5 Å². The summed E-state index contributed by atoms with van der Waals surface area (Å²) in [5.41, 5.74) is 0. The second-order valence-corrected chi connectivity index (χ2v) is 7.81. The molecule has 0 heterocycles. The molecule has 1 aliphatic rings. The molecule has 0 saturated heterocycles. The Hall–Kier alpha value is 0.730. The van der Waals surface area contributed by atoms with Crippen LogP contribution in [0, 0.1) is 0 Å². The molecule has 0 amide bonds. The van der Waals surface area contributed by atoms with E-state index >= 15 is 0 Å². The SMILES string of the molecule is C[SH](C)(=O)C1(Cl)CC1Cl. The van der Waals surface area contributed by atoms with Crippen molar-refractivity contribution in [3.63, 3.8) is 0 Å². The first kappa shape index (κ1) is 7.83. The van der Waals surface area contributed by atoms with Crippen LogP contribution in [0.15, 0.2) is 0 Å². The van der Waals surface area contributed by atoms with Crippen molar-refractivity contribution in [3.8, 4) is 0 Å². The average Bonchev–Trinajstić information content (AvgIpc) is 2.13. The van der Waals surface area contributed by atoms with Gasteiger partial charge in [0, 0.05) is 0 Å². The van der Waals surface area contributed by atoms with E-state index in [0.717, 1.165) is 0 Å². The van der Waals surface area contributed by atoms with E-state index in [1.807, 2.05) is 0 Å². The van der Waals surface area contributed by atoms with E-state index in [2.05, 4.69) is 0 Å². The van der Waals surface area contributed by atoms with Crippen molar-refractivity contribution >= 4 is 33.1 Å². The van der Waals surface area contributed by atoms with Gasteiger partial charge in [-0.3, -0.25) is 4.21 Å². The van der Waals surface area contributed by atoms with Crippen molar-refractivity contribution in [2.45, 2.75) is 16.0 Å². The van der Waals surface area contributed by atoms with Crippen LogP contribution in [0.4, 0.5) is 0 Å². The molecule has 1 rings (SSSR count). The summed E-state index contributed by atoms with van der Waals surface area (Å²) in [7, 11) is -2.16. The van der Waals surface area contributed by atoms with E-state index in [1.165, 1.54) is 0 Å². The van der Waals surface area contributed by atoms with Crippen LogP contribution in [-0.2, 0) is 9.93 Å². The lowest BCUT2D eigenvalue weighted by Gasteiger charge is -2.17. The van der Waals surface area contributed by atoms with Crippen LogP contribution >= 0.6 is 23.2 Å². The fourth-order valence-corrected chi connectivity index (χ4v) is 3.34. The monoisotopic (exact) mass is 188 g/mol. The molecule has 0 aromatic rings. The lowest BCUT2D eigenvalue weighted by atomic mass is 10.9. The summed E-state index contributed by atoms with van der Waals surface area (Å²) in [6, 6.07) is 0. The molecule has 0 aliphatic heterocycles. The average molecular weight is 189 g/mol. The first-order valence-corrected chi connectivity index (χ1v) is 6.17. The standard InChI is InChI=1S/C5H10Cl2OS/c1-9(2,8)5(7)3-4(5)6/h4,9H,3H2,1-2H3. The Morgan fingerprint density at radius 2 is 2.00 bits per heavy atom. The molecule has 0 bridgehead atoms. The molecule has 4 heteroatoms. The molecule has 0 aromatic heterocycles. The highest BCUT2D eigenvalue weighted by Crippen LogP contribution is 2.53. The van der Waals surface area contributed by atoms with Crippen LogP contribution < -0.4 is 0 Å². The Bertz CT molecular complexity index is 176. The normalized spacial score (nSPS) is 44.7. The summed E-state index contributed by atoms with van der Waals surface area (Å²) in [5.74, 6) is 0. The van der Waals surface area contributed by atoms with E-state index in [0.29, 0.717) is 6.42 Å². The van der Waals surface area contributed by atoms with Crippen LogP contribution in [0.1, 0.15) is 6.42 Å². The van der Waals surface area contributed by atoms with Crippen LogP contribution in [0.2, 0.25) is 0 Å². The molecule has 56 valence electrons. The smallest absolute Gasteiger partial charge is 0.115 e. The quantitative estimate of drug-likeness (QED) is 0.484. The van der Waals surface area contributed by atoms with E-state index in [9.17, 15) is 4.21 Å². The molecule has 2 atom stereocenters. The largest absolute Gasteiger partial charge is 0.284 e. The predicted molar refractivity (Wildman–Crippen MR) is 44.2 cm³/mol. The summed E-state index contributed by atoms with van der Waals surface area (Å²) in [5, 5.41) is -0.0694. The number of thiol groups is 1. The predicted octanol–water partition coefficient (Wildman–Crippen LogP) is 1.21. The van der Waals surface area contributed by atoms with Crippen LogP contribution in [0.3, 0.4) is 0 Å². The molecule has 1 nitrogen and oxygen atoms in total. The first-order valence-electron chi connectivity index (χ1n) is 2.76. The van der Waals surface area contributed by atoms with Gasteiger partial charge in [-0.25, -0.2) is 0 Å². The molecule has 1 fully saturated rings. The van der Waals surface area contributed by atoms with Gasteiger partial charge in [0.2, 0.25) is 0 Å². The van der Waals surface area contributed by atoms with Crippen molar-refractivity contribution in [2.24, 2.45) is 0 Å². The third kappa shape index (κ3) is 1.13. The van der Waals surface area contributed by atoms with Gasteiger partial charge in [-0.1, -0.05) is 9.93 Å². The Balaban J connectivity index is 2.76. The fourth-order valence-electron chi connectivity index (χ4n) is 0.750. The van der Waals surface area contributed by atoms with Crippen LogP contribution in [-0.4, -0.2) is 26.3 Å². The molecule has 2 unspecified atom stereocenters. The summed E-state index contributed by atoms with van der Waals surface area (Å²) < 4.78 is 10.7. The zero-order valence-corrected chi connectivity index (χ0v) is 7.80. The maximum atomic E-state index is 11.3. The van der Waals surface area contributed by atoms with E-state index in [-0.39, 0.29) is 5.38 Å². The summed E-state index contributed by atoms with van der Waals surface area (Å²) in [6.07, 6.45) is 4.06. The zero-order chi connectivity index (χ0) is 7.28. The minimum Gasteiger partial charge on any atom is -0.284 e. The van der Waals surface area contributed by atoms with Gasteiger partial charge in [0.25, 0.3) is 0 Å². The molecule has 9 heavy (non-hydrogen) atoms. The maximum Gasteiger partial charge on any atom is 0.115 e. The van der Waals surface area contributed by atoms with Gasteiger partial charge >= 0.3 is 0 Å². The number of halogens is 2. The number of hydrogen-bond donors (Lipinski definition) is 1. The first-order chi connectivity index (χ1) is 3.88. The fraction of sp³-hybridized carbons (Fsp3) is 1.00. The lowest BCUT2D eigenvalue weighted by Crippen LogP contribution is -2.24. The lowest BCUT2D eigenvalue weighted by molar-refractivity contribution is 0.675. The Kier molecular flexibility index (Phi) is 1.62. The zero-order valence-electron chi connectivity index (χ0n) is 5.40. The van der Waals surface area contributed by atoms with Gasteiger partial charge in [0.05, 0.1) is 5.38 Å². The van der Waals surface area contributed by atoms with Crippen LogP contribution in [0.25, 0.3) is 0 Å². The second kappa shape index (κ2) is 1.86. The maximum absolute atomic E-state index is 11.3. The van der Waals surface area contributed by atoms with Gasteiger partial charge in [-0.2, -0.15) is 0 Å². The number of hydrogen-bond acceptors (Lipinski definition) is 1. The second-order valence-electron chi connectivity index (χ2n) is 2.84. The van der Waals surface area contributed by atoms with Gasteiger partial charge in [0.15, 0.2) is 0 Å². The highest BCUT2D eigenvalue weighted by atomic mass is 35.5. The minimum atomic E-state index is -2.16. The van der Waals surface area contributed by atoms with Gasteiger partial charge < -0.3 is 0 Å². The van der Waals surface area contributed by atoms with Gasteiger partial charge in [-0.15, -0.1) is 23.2 Å². The van der Waals surface area contributed by atoms with E-state index < -0.39 is 14.1 Å². The van der Waals surface area contributed by atoms with Crippen molar-refractivity contribution in [3.05, 3.63) is 0 Å². The molecule has 1 aliphatic carbocycles. The molecule has 0 aromatic carbocycles. The van der Waals surface area contributed by atoms with Crippen molar-refractivity contribution in [1.29, 1.82) is 0 Å². The van der Waals surface area contributed by atoms with E-state index in [1.54, 1.807) is 12.5 Å². The summed E-state index contributed by atoms with van der Waals surface area (Å²) in [4.78, 5) is 0. The van der Waals surface area contributed by atoms with Gasteiger partial charge in [-0.05, 0) is 18.9 Å². The topological polar surface area (TPSA) is 17.1 Å². The van der Waals surface area contributed by atoms with Crippen LogP contribution in [0.5, 0.6) is 0 Å². The molecule has 0 radical (unpaired) electrons. The minimum absolute atomic E-state index is 0.0694. The third-order valence-corrected chi connectivity index (χ3v) is 6.39. The van der Waals surface area contributed by atoms with Gasteiger partial charge in [0.1, 0.15) is 4.21 Å². The molecular weight excluding hydrogens is 179 g/mol. The molecular formula is C5H10Cl2OS. The summed E-state index contributed by atoms with van der Waals surface area (Å²) in [6.45, 7) is 0. The Labute approximate surface area is 66.1 Å². The highest BCUT2D eigenvalue weighted by molar-refractivity contribution is 8.04. The number of rotatable bonds is 1. The highest BCUT2D eigenvalue weighted by Gasteiger charge is 2.57. The third-order valence-electron chi connectivity index (χ3n) is 1.68. The van der Waals surface area contributed by atoms with Crippen molar-refractivity contribution < 1.29 is 4.21 Å².